The van der Waals surface area contributed by atoms with Gasteiger partial charge in [0.25, 0.3) is 0 Å². The number of imide groups is 1. The van der Waals surface area contributed by atoms with E-state index in [1.54, 1.807) is 12.1 Å². The van der Waals surface area contributed by atoms with Crippen molar-refractivity contribution in [3.63, 3.8) is 0 Å². The average molecular weight is 358 g/mol. The fourth-order valence-electron chi connectivity index (χ4n) is 3.83. The number of hydrogen-bond acceptors (Lipinski definition) is 4. The Labute approximate surface area is 156 Å². The molecule has 1 aromatic rings. The summed E-state index contributed by atoms with van der Waals surface area (Å²) in [6, 6.07) is 7.17. The van der Waals surface area contributed by atoms with Gasteiger partial charge in [-0.15, -0.1) is 0 Å². The molecule has 0 aromatic heterocycles. The van der Waals surface area contributed by atoms with Gasteiger partial charge in [0.15, 0.2) is 5.78 Å². The third-order valence-corrected chi connectivity index (χ3v) is 5.84. The highest BCUT2D eigenvalue weighted by Crippen LogP contribution is 2.36. The second-order valence-corrected chi connectivity index (χ2v) is 7.70. The molecule has 0 spiro atoms. The molecule has 1 unspecified atom stereocenters. The lowest BCUT2D eigenvalue weighted by Crippen LogP contribution is -2.60. The van der Waals surface area contributed by atoms with E-state index in [0.29, 0.717) is 12.0 Å². The number of carbonyl (C=O) groups excluding carboxylic acids is 3. The standard InChI is InChI=1S/C21H30N2O3/c1-16-10-12-17(13-11-16)19(25)14-23(15-24)20(26)21(2,22(3)4)18-8-6-5-7-9-18/h10-13,15,18H,5-9,14H2,1-4H3. The lowest BCUT2D eigenvalue weighted by molar-refractivity contribution is -0.149. The van der Waals surface area contributed by atoms with Crippen molar-refractivity contribution in [1.82, 2.24) is 9.80 Å². The van der Waals surface area contributed by atoms with Crippen LogP contribution in [-0.2, 0) is 9.59 Å². The fourth-order valence-corrected chi connectivity index (χ4v) is 3.83. The summed E-state index contributed by atoms with van der Waals surface area (Å²) in [6.45, 7) is 3.63. The number of rotatable bonds is 7. The van der Waals surface area contributed by atoms with E-state index in [-0.39, 0.29) is 24.2 Å². The Morgan fingerprint density at radius 3 is 2.19 bits per heavy atom. The summed E-state index contributed by atoms with van der Waals surface area (Å²) in [5, 5.41) is 0. The van der Waals surface area contributed by atoms with Crippen LogP contribution in [0.2, 0.25) is 0 Å². The maximum absolute atomic E-state index is 13.3. The Balaban J connectivity index is 2.20. The number of Topliss-reactive ketones (excluding diaryl/α,β-unsaturated/α-hetero) is 1. The van der Waals surface area contributed by atoms with E-state index in [1.807, 2.05) is 45.0 Å². The average Bonchev–Trinajstić information content (AvgIpc) is 2.65. The number of amides is 2. The highest BCUT2D eigenvalue weighted by atomic mass is 16.2. The van der Waals surface area contributed by atoms with Gasteiger partial charge in [-0.2, -0.15) is 0 Å². The van der Waals surface area contributed by atoms with Gasteiger partial charge >= 0.3 is 0 Å². The van der Waals surface area contributed by atoms with Crippen molar-refractivity contribution in [1.29, 1.82) is 0 Å². The monoisotopic (exact) mass is 358 g/mol. The van der Waals surface area contributed by atoms with Gasteiger partial charge in [0.05, 0.1) is 6.54 Å². The minimum Gasteiger partial charge on any atom is -0.296 e. The second-order valence-electron chi connectivity index (χ2n) is 7.70. The van der Waals surface area contributed by atoms with Gasteiger partial charge in [0.2, 0.25) is 12.3 Å². The van der Waals surface area contributed by atoms with Crippen molar-refractivity contribution in [2.75, 3.05) is 20.6 Å². The highest BCUT2D eigenvalue weighted by Gasteiger charge is 2.46. The van der Waals surface area contributed by atoms with E-state index < -0.39 is 5.54 Å². The summed E-state index contributed by atoms with van der Waals surface area (Å²) in [7, 11) is 3.74. The summed E-state index contributed by atoms with van der Waals surface area (Å²) in [4.78, 5) is 40.4. The SMILES string of the molecule is Cc1ccc(C(=O)CN(C=O)C(=O)C(C)(C2CCCCC2)N(C)C)cc1. The molecule has 0 aliphatic heterocycles. The van der Waals surface area contributed by atoms with E-state index in [2.05, 4.69) is 0 Å². The zero-order valence-corrected chi connectivity index (χ0v) is 16.3. The van der Waals surface area contributed by atoms with Gasteiger partial charge in [-0.3, -0.25) is 24.2 Å². The normalized spacial score (nSPS) is 17.6. The van der Waals surface area contributed by atoms with Crippen molar-refractivity contribution in [2.24, 2.45) is 5.92 Å². The van der Waals surface area contributed by atoms with Crippen LogP contribution in [0.1, 0.15) is 54.9 Å². The maximum atomic E-state index is 13.3. The van der Waals surface area contributed by atoms with Crippen LogP contribution < -0.4 is 0 Å². The minimum atomic E-state index is -0.783. The molecule has 0 heterocycles. The van der Waals surface area contributed by atoms with E-state index in [4.69, 9.17) is 0 Å². The summed E-state index contributed by atoms with van der Waals surface area (Å²) >= 11 is 0. The smallest absolute Gasteiger partial charge is 0.249 e. The van der Waals surface area contributed by atoms with E-state index in [0.717, 1.165) is 36.1 Å². The quantitative estimate of drug-likeness (QED) is 0.555. The van der Waals surface area contributed by atoms with Crippen LogP contribution in [0.4, 0.5) is 0 Å². The molecule has 5 nitrogen and oxygen atoms in total. The topological polar surface area (TPSA) is 57.7 Å². The molecular weight excluding hydrogens is 328 g/mol. The van der Waals surface area contributed by atoms with Gasteiger partial charge in [-0.1, -0.05) is 49.1 Å². The predicted octanol–water partition coefficient (Wildman–Crippen LogP) is 3.06. The van der Waals surface area contributed by atoms with E-state index in [9.17, 15) is 14.4 Å². The highest BCUT2D eigenvalue weighted by molar-refractivity contribution is 6.03. The van der Waals surface area contributed by atoms with Gasteiger partial charge in [-0.25, -0.2) is 0 Å². The Morgan fingerprint density at radius 2 is 1.69 bits per heavy atom. The third kappa shape index (κ3) is 4.21. The molecule has 2 rings (SSSR count). The lowest BCUT2D eigenvalue weighted by atomic mass is 9.74. The van der Waals surface area contributed by atoms with Crippen LogP contribution >= 0.6 is 0 Å². The molecule has 142 valence electrons. The predicted molar refractivity (Wildman–Crippen MR) is 102 cm³/mol. The molecule has 26 heavy (non-hydrogen) atoms. The lowest BCUT2D eigenvalue weighted by Gasteiger charge is -2.44. The van der Waals surface area contributed by atoms with Crippen molar-refractivity contribution < 1.29 is 14.4 Å². The van der Waals surface area contributed by atoms with Crippen LogP contribution in [0.3, 0.4) is 0 Å². The first-order valence-electron chi connectivity index (χ1n) is 9.34. The molecule has 2 amide bonds. The van der Waals surface area contributed by atoms with Crippen LogP contribution in [0.5, 0.6) is 0 Å². The number of aryl methyl sites for hydroxylation is 1. The Bertz CT molecular complexity index is 648. The molecule has 0 radical (unpaired) electrons. The summed E-state index contributed by atoms with van der Waals surface area (Å²) < 4.78 is 0. The van der Waals surface area contributed by atoms with Crippen molar-refractivity contribution in [3.05, 3.63) is 35.4 Å². The van der Waals surface area contributed by atoms with Crippen LogP contribution in [0, 0.1) is 12.8 Å². The first-order valence-corrected chi connectivity index (χ1v) is 9.34. The molecule has 0 saturated heterocycles. The molecular formula is C21H30N2O3. The number of likely N-dealkylation sites (N-methyl/N-ethyl adjacent to an activating group) is 1. The first kappa shape index (κ1) is 20.3. The molecule has 5 heteroatoms. The number of nitrogens with zero attached hydrogens (tertiary/aromatic N) is 2. The molecule has 1 fully saturated rings. The Kier molecular flexibility index (Phi) is 6.70. The third-order valence-electron chi connectivity index (χ3n) is 5.84. The zero-order valence-electron chi connectivity index (χ0n) is 16.3. The number of carbonyl (C=O) groups is 3. The molecule has 0 N–H and O–H groups in total. The van der Waals surface area contributed by atoms with Crippen LogP contribution in [0.25, 0.3) is 0 Å². The molecule has 1 aliphatic rings. The van der Waals surface area contributed by atoms with Gasteiger partial charge in [-0.05, 0) is 46.7 Å². The summed E-state index contributed by atoms with van der Waals surface area (Å²) in [5.74, 6) is -0.323. The van der Waals surface area contributed by atoms with Crippen LogP contribution in [-0.4, -0.2) is 54.1 Å². The van der Waals surface area contributed by atoms with Gasteiger partial charge < -0.3 is 0 Å². The largest absolute Gasteiger partial charge is 0.296 e. The minimum absolute atomic E-state index is 0.190. The zero-order chi connectivity index (χ0) is 19.3. The molecule has 1 atom stereocenters. The maximum Gasteiger partial charge on any atom is 0.249 e. The molecule has 0 bridgehead atoms. The Hall–Kier alpha value is -2.01. The molecule has 1 aromatic carbocycles. The summed E-state index contributed by atoms with van der Waals surface area (Å²) in [6.07, 6.45) is 5.84. The first-order chi connectivity index (χ1) is 12.3. The number of ketones is 1. The van der Waals surface area contributed by atoms with Crippen LogP contribution in [0.15, 0.2) is 24.3 Å². The van der Waals surface area contributed by atoms with Crippen molar-refractivity contribution in [3.8, 4) is 0 Å². The van der Waals surface area contributed by atoms with Crippen molar-refractivity contribution >= 4 is 18.1 Å². The van der Waals surface area contributed by atoms with Gasteiger partial charge in [0.1, 0.15) is 5.54 Å². The number of hydrogen-bond donors (Lipinski definition) is 0. The summed E-state index contributed by atoms with van der Waals surface area (Å²) in [5.41, 5.74) is 0.788. The fraction of sp³-hybridized carbons (Fsp3) is 0.571. The number of benzene rings is 1. The molecule has 1 saturated carbocycles. The van der Waals surface area contributed by atoms with E-state index in [1.165, 1.54) is 6.42 Å². The van der Waals surface area contributed by atoms with E-state index >= 15 is 0 Å². The van der Waals surface area contributed by atoms with Crippen molar-refractivity contribution in [2.45, 2.75) is 51.5 Å². The Morgan fingerprint density at radius 1 is 1.12 bits per heavy atom. The van der Waals surface area contributed by atoms with Gasteiger partial charge in [0, 0.05) is 5.56 Å². The molecule has 1 aliphatic carbocycles. The second kappa shape index (κ2) is 8.58.